The first kappa shape index (κ1) is 19.2. The van der Waals surface area contributed by atoms with Crippen LogP contribution in [0.4, 0.5) is 0 Å². The lowest BCUT2D eigenvalue weighted by atomic mass is 9.93. The summed E-state index contributed by atoms with van der Waals surface area (Å²) >= 11 is 0. The van der Waals surface area contributed by atoms with Crippen LogP contribution >= 0.6 is 0 Å². The van der Waals surface area contributed by atoms with Crippen LogP contribution in [0, 0.1) is 12.8 Å². The van der Waals surface area contributed by atoms with Crippen LogP contribution in [0.5, 0.6) is 0 Å². The summed E-state index contributed by atoms with van der Waals surface area (Å²) < 4.78 is 2.02. The second-order valence-electron chi connectivity index (χ2n) is 7.74. The number of rotatable bonds is 5. The van der Waals surface area contributed by atoms with Crippen molar-refractivity contribution in [1.29, 1.82) is 0 Å². The van der Waals surface area contributed by atoms with Crippen molar-refractivity contribution in [3.63, 3.8) is 0 Å². The molecule has 0 aromatic carbocycles. The fourth-order valence-electron chi connectivity index (χ4n) is 3.91. The van der Waals surface area contributed by atoms with Crippen molar-refractivity contribution in [2.75, 3.05) is 13.1 Å². The molecule has 1 unspecified atom stereocenters. The first-order chi connectivity index (χ1) is 14.1. The van der Waals surface area contributed by atoms with E-state index < -0.39 is 0 Å². The number of amides is 1. The molecule has 4 rings (SSSR count). The van der Waals surface area contributed by atoms with Gasteiger partial charge in [0.05, 0.1) is 30.2 Å². The van der Waals surface area contributed by atoms with Gasteiger partial charge in [-0.05, 0) is 43.7 Å². The summed E-state index contributed by atoms with van der Waals surface area (Å²) in [6.45, 7) is 3.57. The summed E-state index contributed by atoms with van der Waals surface area (Å²) in [5.74, 6) is 1.52. The van der Waals surface area contributed by atoms with Crippen LogP contribution in [-0.2, 0) is 24.7 Å². The zero-order chi connectivity index (χ0) is 20.2. The fourth-order valence-corrected chi connectivity index (χ4v) is 3.91. The molecule has 0 spiro atoms. The number of carbonyl (C=O) groups is 1. The Morgan fingerprint density at radius 2 is 2.10 bits per heavy atom. The van der Waals surface area contributed by atoms with Crippen LogP contribution in [0.15, 0.2) is 43.1 Å². The Bertz CT molecular complexity index is 984. The number of pyridine rings is 1. The Morgan fingerprint density at radius 3 is 2.86 bits per heavy atom. The quantitative estimate of drug-likeness (QED) is 0.669. The van der Waals surface area contributed by atoms with E-state index in [9.17, 15) is 4.79 Å². The normalized spacial score (nSPS) is 16.8. The van der Waals surface area contributed by atoms with Gasteiger partial charge < -0.3 is 9.47 Å². The van der Waals surface area contributed by atoms with E-state index in [-0.39, 0.29) is 5.91 Å². The molecule has 150 valence electrons. The summed E-state index contributed by atoms with van der Waals surface area (Å²) in [5, 5.41) is 0. The van der Waals surface area contributed by atoms with Gasteiger partial charge in [-0.2, -0.15) is 0 Å². The SMILES string of the molecule is Cc1ncc(-c2cncc(CC3CCCN(C(=O)Cc4cccnc4)C3)n2)n1C. The molecule has 0 saturated carbocycles. The van der Waals surface area contributed by atoms with Crippen molar-refractivity contribution < 1.29 is 4.79 Å². The first-order valence-corrected chi connectivity index (χ1v) is 10.1. The standard InChI is InChI=1S/C22H26N6O/c1-16-25-14-21(27(16)2)20-13-24-12-19(26-20)9-18-6-4-8-28(15-18)22(29)10-17-5-3-7-23-11-17/h3,5,7,11-14,18H,4,6,8-10,15H2,1-2H3. The largest absolute Gasteiger partial charge is 0.342 e. The molecule has 1 atom stereocenters. The summed E-state index contributed by atoms with van der Waals surface area (Å²) in [7, 11) is 1.99. The number of hydrogen-bond donors (Lipinski definition) is 0. The summed E-state index contributed by atoms with van der Waals surface area (Å²) in [4.78, 5) is 32.4. The maximum atomic E-state index is 12.7. The lowest BCUT2D eigenvalue weighted by molar-refractivity contribution is -0.132. The van der Waals surface area contributed by atoms with E-state index in [1.54, 1.807) is 18.6 Å². The number of aryl methyl sites for hydroxylation is 1. The van der Waals surface area contributed by atoms with E-state index in [0.717, 1.165) is 60.8 Å². The van der Waals surface area contributed by atoms with Crippen LogP contribution in [0.25, 0.3) is 11.4 Å². The van der Waals surface area contributed by atoms with Gasteiger partial charge in [0.25, 0.3) is 0 Å². The summed E-state index contributed by atoms with van der Waals surface area (Å²) in [5.41, 5.74) is 3.73. The van der Waals surface area contributed by atoms with E-state index in [1.165, 1.54) is 0 Å². The average molecular weight is 390 g/mol. The zero-order valence-electron chi connectivity index (χ0n) is 17.0. The molecule has 4 heterocycles. The third-order valence-electron chi connectivity index (χ3n) is 5.61. The Labute approximate surface area is 170 Å². The highest BCUT2D eigenvalue weighted by atomic mass is 16.2. The van der Waals surface area contributed by atoms with Gasteiger partial charge in [-0.3, -0.25) is 14.8 Å². The van der Waals surface area contributed by atoms with Crippen molar-refractivity contribution in [1.82, 2.24) is 29.4 Å². The monoisotopic (exact) mass is 390 g/mol. The zero-order valence-corrected chi connectivity index (χ0v) is 17.0. The number of piperidine rings is 1. The third-order valence-corrected chi connectivity index (χ3v) is 5.61. The minimum absolute atomic E-state index is 0.174. The molecule has 1 aliphatic heterocycles. The highest BCUT2D eigenvalue weighted by Crippen LogP contribution is 2.22. The van der Waals surface area contributed by atoms with E-state index in [0.29, 0.717) is 12.3 Å². The van der Waals surface area contributed by atoms with E-state index in [2.05, 4.69) is 15.0 Å². The smallest absolute Gasteiger partial charge is 0.227 e. The topological polar surface area (TPSA) is 76.8 Å². The predicted molar refractivity (Wildman–Crippen MR) is 110 cm³/mol. The van der Waals surface area contributed by atoms with Crippen molar-refractivity contribution in [2.45, 2.75) is 32.6 Å². The first-order valence-electron chi connectivity index (χ1n) is 10.1. The molecule has 1 fully saturated rings. The second kappa shape index (κ2) is 8.51. The van der Waals surface area contributed by atoms with Gasteiger partial charge in [-0.15, -0.1) is 0 Å². The molecule has 29 heavy (non-hydrogen) atoms. The van der Waals surface area contributed by atoms with Gasteiger partial charge in [0.2, 0.25) is 5.91 Å². The summed E-state index contributed by atoms with van der Waals surface area (Å²) in [6, 6.07) is 3.82. The van der Waals surface area contributed by atoms with Gasteiger partial charge in [0, 0.05) is 38.7 Å². The highest BCUT2D eigenvalue weighted by Gasteiger charge is 2.24. The minimum Gasteiger partial charge on any atom is -0.342 e. The van der Waals surface area contributed by atoms with Crippen molar-refractivity contribution in [2.24, 2.45) is 13.0 Å². The third kappa shape index (κ3) is 4.50. The van der Waals surface area contributed by atoms with Crippen molar-refractivity contribution in [3.05, 3.63) is 60.2 Å². The molecule has 7 nitrogen and oxygen atoms in total. The average Bonchev–Trinajstić information content (AvgIpc) is 3.08. The number of hydrogen-bond acceptors (Lipinski definition) is 5. The number of aromatic nitrogens is 5. The number of likely N-dealkylation sites (tertiary alicyclic amines) is 1. The Balaban J connectivity index is 1.41. The molecule has 3 aromatic rings. The van der Waals surface area contributed by atoms with Crippen LogP contribution in [0.2, 0.25) is 0 Å². The van der Waals surface area contributed by atoms with Crippen LogP contribution in [0.1, 0.15) is 29.9 Å². The molecule has 0 bridgehead atoms. The number of nitrogens with zero attached hydrogens (tertiary/aromatic N) is 6. The Morgan fingerprint density at radius 1 is 1.21 bits per heavy atom. The number of imidazole rings is 1. The maximum Gasteiger partial charge on any atom is 0.227 e. The van der Waals surface area contributed by atoms with E-state index in [4.69, 9.17) is 4.98 Å². The van der Waals surface area contributed by atoms with Crippen LogP contribution < -0.4 is 0 Å². The molecule has 1 aliphatic rings. The second-order valence-corrected chi connectivity index (χ2v) is 7.74. The van der Waals surface area contributed by atoms with E-state index in [1.807, 2.05) is 48.0 Å². The molecule has 0 aliphatic carbocycles. The van der Waals surface area contributed by atoms with Gasteiger partial charge in [-0.1, -0.05) is 6.07 Å². The van der Waals surface area contributed by atoms with Gasteiger partial charge in [0.15, 0.2) is 0 Å². The molecular formula is C22H26N6O. The minimum atomic E-state index is 0.174. The molecule has 1 amide bonds. The molecule has 0 radical (unpaired) electrons. The van der Waals surface area contributed by atoms with Gasteiger partial charge in [0.1, 0.15) is 11.5 Å². The maximum absolute atomic E-state index is 12.7. The number of carbonyl (C=O) groups excluding carboxylic acids is 1. The lowest BCUT2D eigenvalue weighted by Gasteiger charge is -2.32. The highest BCUT2D eigenvalue weighted by molar-refractivity contribution is 5.78. The molecule has 7 heteroatoms. The lowest BCUT2D eigenvalue weighted by Crippen LogP contribution is -2.41. The van der Waals surface area contributed by atoms with Crippen molar-refractivity contribution >= 4 is 5.91 Å². The summed E-state index contributed by atoms with van der Waals surface area (Å²) in [6.07, 6.45) is 12.3. The molecular weight excluding hydrogens is 364 g/mol. The van der Waals surface area contributed by atoms with Crippen LogP contribution in [0.3, 0.4) is 0 Å². The molecule has 3 aromatic heterocycles. The van der Waals surface area contributed by atoms with Crippen molar-refractivity contribution in [3.8, 4) is 11.4 Å². The Kier molecular flexibility index (Phi) is 5.64. The molecule has 1 saturated heterocycles. The molecule has 0 N–H and O–H groups in total. The van der Waals surface area contributed by atoms with E-state index >= 15 is 0 Å². The Hall–Kier alpha value is -3.09. The predicted octanol–water partition coefficient (Wildman–Crippen LogP) is 2.60. The van der Waals surface area contributed by atoms with Crippen LogP contribution in [-0.4, -0.2) is 48.4 Å². The fraction of sp³-hybridized carbons (Fsp3) is 0.409. The van der Waals surface area contributed by atoms with Gasteiger partial charge in [-0.25, -0.2) is 9.97 Å². The van der Waals surface area contributed by atoms with Gasteiger partial charge >= 0.3 is 0 Å².